The van der Waals surface area contributed by atoms with Crippen LogP contribution in [0.4, 0.5) is 5.69 Å². The van der Waals surface area contributed by atoms with Gasteiger partial charge in [0.1, 0.15) is 0 Å². The molecule has 0 aromatic heterocycles. The smallest absolute Gasteiger partial charge is 0.286 e. The third kappa shape index (κ3) is 3.33. The summed E-state index contributed by atoms with van der Waals surface area (Å²) in [6.45, 7) is 0. The third-order valence-electron chi connectivity index (χ3n) is 2.32. The summed E-state index contributed by atoms with van der Waals surface area (Å²) in [4.78, 5) is 26.9. The van der Waals surface area contributed by atoms with E-state index >= 15 is 0 Å². The topological polar surface area (TPSA) is 70.6 Å². The van der Waals surface area contributed by atoms with Crippen LogP contribution in [-0.2, 0) is 9.59 Å². The maximum absolute atomic E-state index is 11.6. The highest BCUT2D eigenvalue weighted by Crippen LogP contribution is 2.33. The lowest BCUT2D eigenvalue weighted by molar-refractivity contribution is -0.117. The Morgan fingerprint density at radius 2 is 2.00 bits per heavy atom. The number of anilines is 1. The third-order valence-corrected chi connectivity index (χ3v) is 3.85. The minimum absolute atomic E-state index is 0.232. The number of aliphatic imine (C=N–C) groups is 1. The zero-order valence-corrected chi connectivity index (χ0v) is 12.6. The summed E-state index contributed by atoms with van der Waals surface area (Å²) < 4.78 is 0. The summed E-state index contributed by atoms with van der Waals surface area (Å²) in [5.74, 6) is -0.850. The Kier molecular flexibility index (Phi) is 4.69. The number of halogens is 2. The number of nitrogens with one attached hydrogen (secondary N) is 2. The molecule has 0 bridgehead atoms. The molecule has 1 heterocycles. The number of likely N-dealkylation sites (N-methyl/N-ethyl adjacent to an activating group) is 1. The van der Waals surface area contributed by atoms with Gasteiger partial charge in [0.2, 0.25) is 5.91 Å². The summed E-state index contributed by atoms with van der Waals surface area (Å²) in [6, 6.07) is 5.04. The molecule has 0 saturated carbocycles. The van der Waals surface area contributed by atoms with Gasteiger partial charge in [0.15, 0.2) is 5.17 Å². The number of rotatable bonds is 2. The highest BCUT2D eigenvalue weighted by Gasteiger charge is 2.23. The Labute approximate surface area is 129 Å². The van der Waals surface area contributed by atoms with Crippen molar-refractivity contribution >= 4 is 57.6 Å². The normalized spacial score (nSPS) is 16.2. The molecule has 2 rings (SSSR count). The van der Waals surface area contributed by atoms with Crippen molar-refractivity contribution in [3.8, 4) is 0 Å². The Balaban J connectivity index is 2.17. The lowest BCUT2D eigenvalue weighted by Gasteiger charge is -2.08. The first-order chi connectivity index (χ1) is 9.51. The fraction of sp³-hybridized carbons (Fsp3) is 0.0833. The molecule has 5 nitrogen and oxygen atoms in total. The molecule has 1 aromatic rings. The first-order valence-electron chi connectivity index (χ1n) is 5.46. The predicted octanol–water partition coefficient (Wildman–Crippen LogP) is 2.66. The summed E-state index contributed by atoms with van der Waals surface area (Å²) in [7, 11) is 1.48. The van der Waals surface area contributed by atoms with Crippen molar-refractivity contribution in [2.75, 3.05) is 12.4 Å². The van der Waals surface area contributed by atoms with Crippen LogP contribution in [0.1, 0.15) is 0 Å². The van der Waals surface area contributed by atoms with Gasteiger partial charge in [-0.3, -0.25) is 9.59 Å². The molecule has 8 heteroatoms. The second kappa shape index (κ2) is 6.30. The first-order valence-corrected chi connectivity index (χ1v) is 7.04. The van der Waals surface area contributed by atoms with E-state index in [9.17, 15) is 9.59 Å². The molecule has 0 saturated heterocycles. The fourth-order valence-electron chi connectivity index (χ4n) is 1.38. The molecule has 2 N–H and O–H groups in total. The van der Waals surface area contributed by atoms with E-state index in [1.54, 1.807) is 18.2 Å². The van der Waals surface area contributed by atoms with Crippen LogP contribution < -0.4 is 10.6 Å². The Hall–Kier alpha value is -1.50. The summed E-state index contributed by atoms with van der Waals surface area (Å²) >= 11 is 13.1. The van der Waals surface area contributed by atoms with Crippen LogP contribution in [0, 0.1) is 0 Å². The van der Waals surface area contributed by atoms with Crippen molar-refractivity contribution in [3.63, 3.8) is 0 Å². The molecule has 2 amide bonds. The van der Waals surface area contributed by atoms with Crippen LogP contribution in [0.15, 0.2) is 34.2 Å². The number of carbonyl (C=O) groups is 2. The van der Waals surface area contributed by atoms with Crippen LogP contribution in [0.5, 0.6) is 0 Å². The van der Waals surface area contributed by atoms with Gasteiger partial charge < -0.3 is 10.6 Å². The maximum Gasteiger partial charge on any atom is 0.286 e. The standard InChI is InChI=1S/C12H9Cl2N3O2S/c1-15-9(18)5-8-11(19)17-12(20-8)16-10-6(13)3-2-4-7(10)14/h2-5H,1H3,(H,15,18)(H,16,17,19)/b8-5-. The van der Waals surface area contributed by atoms with Gasteiger partial charge in [0.05, 0.1) is 20.6 Å². The lowest BCUT2D eigenvalue weighted by atomic mass is 10.3. The molecule has 0 unspecified atom stereocenters. The van der Waals surface area contributed by atoms with Crippen molar-refractivity contribution in [2.45, 2.75) is 0 Å². The van der Waals surface area contributed by atoms with Gasteiger partial charge in [0.25, 0.3) is 5.91 Å². The molecule has 0 spiro atoms. The van der Waals surface area contributed by atoms with Gasteiger partial charge in [-0.15, -0.1) is 0 Å². The number of hydrogen-bond acceptors (Lipinski definition) is 4. The van der Waals surface area contributed by atoms with E-state index in [0.29, 0.717) is 20.9 Å². The average molecular weight is 330 g/mol. The zero-order chi connectivity index (χ0) is 14.7. The number of hydrogen-bond donors (Lipinski definition) is 2. The number of thioether (sulfide) groups is 1. The highest BCUT2D eigenvalue weighted by molar-refractivity contribution is 8.18. The number of carbonyl (C=O) groups excluding carboxylic acids is 2. The van der Waals surface area contributed by atoms with Gasteiger partial charge >= 0.3 is 0 Å². The minimum atomic E-state index is -0.482. The number of amides is 2. The molecule has 0 radical (unpaired) electrons. The first kappa shape index (κ1) is 14.9. The molecule has 1 aliphatic heterocycles. The van der Waals surface area contributed by atoms with Crippen molar-refractivity contribution < 1.29 is 9.59 Å². The molecular formula is C12H9Cl2N3O2S. The second-order valence-electron chi connectivity index (χ2n) is 3.67. The minimum Gasteiger partial charge on any atom is -0.356 e. The largest absolute Gasteiger partial charge is 0.356 e. The monoisotopic (exact) mass is 329 g/mol. The van der Waals surface area contributed by atoms with Crippen LogP contribution >= 0.6 is 35.0 Å². The van der Waals surface area contributed by atoms with Crippen LogP contribution in [0.2, 0.25) is 10.0 Å². The van der Waals surface area contributed by atoms with E-state index in [4.69, 9.17) is 23.2 Å². The Bertz CT molecular complexity index is 623. The second-order valence-corrected chi connectivity index (χ2v) is 5.51. The number of benzene rings is 1. The molecule has 0 atom stereocenters. The zero-order valence-electron chi connectivity index (χ0n) is 10.2. The Morgan fingerprint density at radius 1 is 1.35 bits per heavy atom. The van der Waals surface area contributed by atoms with Gasteiger partial charge in [-0.25, -0.2) is 0 Å². The molecule has 1 aliphatic rings. The van der Waals surface area contributed by atoms with E-state index in [-0.39, 0.29) is 10.8 Å². The molecule has 20 heavy (non-hydrogen) atoms. The average Bonchev–Trinajstić information content (AvgIpc) is 2.74. The van der Waals surface area contributed by atoms with Gasteiger partial charge in [-0.2, -0.15) is 4.99 Å². The van der Waals surface area contributed by atoms with E-state index in [0.717, 1.165) is 11.8 Å². The van der Waals surface area contributed by atoms with Crippen molar-refractivity contribution in [1.82, 2.24) is 5.32 Å². The van der Waals surface area contributed by atoms with Gasteiger partial charge in [-0.05, 0) is 23.9 Å². The van der Waals surface area contributed by atoms with Crippen LogP contribution in [0.25, 0.3) is 0 Å². The van der Waals surface area contributed by atoms with E-state index < -0.39 is 5.91 Å². The number of nitrogens with zero attached hydrogens (tertiary/aromatic N) is 1. The molecule has 0 fully saturated rings. The fourth-order valence-corrected chi connectivity index (χ4v) is 2.66. The summed E-state index contributed by atoms with van der Waals surface area (Å²) in [6.07, 6.45) is 1.19. The van der Waals surface area contributed by atoms with Crippen molar-refractivity contribution in [1.29, 1.82) is 0 Å². The lowest BCUT2D eigenvalue weighted by Crippen LogP contribution is -2.15. The molecule has 104 valence electrons. The Morgan fingerprint density at radius 3 is 2.60 bits per heavy atom. The molecular weight excluding hydrogens is 321 g/mol. The highest BCUT2D eigenvalue weighted by atomic mass is 35.5. The van der Waals surface area contributed by atoms with Crippen LogP contribution in [-0.4, -0.2) is 24.0 Å². The predicted molar refractivity (Wildman–Crippen MR) is 82.3 cm³/mol. The van der Waals surface area contributed by atoms with Crippen molar-refractivity contribution in [3.05, 3.63) is 39.2 Å². The summed E-state index contributed by atoms with van der Waals surface area (Å²) in [5, 5.41) is 6.43. The van der Waals surface area contributed by atoms with Crippen molar-refractivity contribution in [2.24, 2.45) is 4.99 Å². The molecule has 1 aromatic carbocycles. The molecule has 0 aliphatic carbocycles. The van der Waals surface area contributed by atoms with Gasteiger partial charge in [-0.1, -0.05) is 29.3 Å². The van der Waals surface area contributed by atoms with Gasteiger partial charge in [0, 0.05) is 13.1 Å². The summed E-state index contributed by atoms with van der Waals surface area (Å²) in [5.41, 5.74) is 0.469. The number of amidine groups is 1. The van der Waals surface area contributed by atoms with E-state index in [1.165, 1.54) is 13.1 Å². The van der Waals surface area contributed by atoms with E-state index in [1.807, 2.05) is 0 Å². The van der Waals surface area contributed by atoms with E-state index in [2.05, 4.69) is 15.6 Å². The van der Waals surface area contributed by atoms with Crippen LogP contribution in [0.3, 0.4) is 0 Å². The SMILES string of the molecule is CNC(=O)/C=C1\SC(Nc2c(Cl)cccc2Cl)=NC1=O. The number of para-hydroxylation sites is 1. The quantitative estimate of drug-likeness (QED) is 0.818. The maximum atomic E-state index is 11.6.